The highest BCUT2D eigenvalue weighted by Crippen LogP contribution is 2.19. The number of hydrogen-bond acceptors (Lipinski definition) is 4. The van der Waals surface area contributed by atoms with Crippen molar-refractivity contribution in [2.24, 2.45) is 0 Å². The van der Waals surface area contributed by atoms with Crippen LogP contribution in [0.3, 0.4) is 0 Å². The molecule has 1 aliphatic rings. The van der Waals surface area contributed by atoms with Crippen molar-refractivity contribution in [2.45, 2.75) is 38.0 Å². The van der Waals surface area contributed by atoms with E-state index in [-0.39, 0.29) is 0 Å². The Balaban J connectivity index is 1.52. The molecule has 0 aliphatic carbocycles. The van der Waals surface area contributed by atoms with Gasteiger partial charge in [0.05, 0.1) is 0 Å². The predicted molar refractivity (Wildman–Crippen MR) is 83.8 cm³/mol. The van der Waals surface area contributed by atoms with Gasteiger partial charge in [0.1, 0.15) is 0 Å². The SMILES string of the molecule is CCc1ccc(CNCCSC2CCNCC2)s1. The van der Waals surface area contributed by atoms with Gasteiger partial charge in [-0.15, -0.1) is 11.3 Å². The lowest BCUT2D eigenvalue weighted by Crippen LogP contribution is -2.30. The smallest absolute Gasteiger partial charge is 0.0300 e. The lowest BCUT2D eigenvalue weighted by molar-refractivity contribution is 0.531. The maximum atomic E-state index is 3.55. The summed E-state index contributed by atoms with van der Waals surface area (Å²) in [5, 5.41) is 7.86. The van der Waals surface area contributed by atoms with Crippen LogP contribution in [-0.2, 0) is 13.0 Å². The van der Waals surface area contributed by atoms with Crippen molar-refractivity contribution in [1.82, 2.24) is 10.6 Å². The first-order chi connectivity index (χ1) is 8.88. The van der Waals surface area contributed by atoms with Crippen LogP contribution in [0.4, 0.5) is 0 Å². The number of thiophene rings is 1. The predicted octanol–water partition coefficient (Wildman–Crippen LogP) is 2.89. The fourth-order valence-corrected chi connectivity index (χ4v) is 4.27. The Morgan fingerprint density at radius 1 is 1.33 bits per heavy atom. The van der Waals surface area contributed by atoms with Gasteiger partial charge in [-0.1, -0.05) is 6.92 Å². The van der Waals surface area contributed by atoms with E-state index in [9.17, 15) is 0 Å². The summed E-state index contributed by atoms with van der Waals surface area (Å²) in [7, 11) is 0. The average molecular weight is 284 g/mol. The fraction of sp³-hybridized carbons (Fsp3) is 0.714. The van der Waals surface area contributed by atoms with Gasteiger partial charge >= 0.3 is 0 Å². The van der Waals surface area contributed by atoms with Crippen LogP contribution in [0, 0.1) is 0 Å². The van der Waals surface area contributed by atoms with Gasteiger partial charge < -0.3 is 10.6 Å². The third-order valence-electron chi connectivity index (χ3n) is 3.28. The highest BCUT2D eigenvalue weighted by Gasteiger charge is 2.12. The van der Waals surface area contributed by atoms with Crippen LogP contribution in [0.5, 0.6) is 0 Å². The van der Waals surface area contributed by atoms with Crippen molar-refractivity contribution in [3.63, 3.8) is 0 Å². The van der Waals surface area contributed by atoms with E-state index in [1.54, 1.807) is 0 Å². The molecule has 0 amide bonds. The lowest BCUT2D eigenvalue weighted by atomic mass is 10.2. The Labute approximate surface area is 119 Å². The molecule has 1 aromatic heterocycles. The molecule has 1 aliphatic heterocycles. The average Bonchev–Trinajstić information content (AvgIpc) is 2.87. The molecule has 0 atom stereocenters. The van der Waals surface area contributed by atoms with Gasteiger partial charge in [-0.3, -0.25) is 0 Å². The van der Waals surface area contributed by atoms with E-state index in [4.69, 9.17) is 0 Å². The van der Waals surface area contributed by atoms with Gasteiger partial charge in [0.25, 0.3) is 0 Å². The van der Waals surface area contributed by atoms with Crippen molar-refractivity contribution < 1.29 is 0 Å². The van der Waals surface area contributed by atoms with E-state index >= 15 is 0 Å². The minimum atomic E-state index is 0.890. The summed E-state index contributed by atoms with van der Waals surface area (Å²) < 4.78 is 0. The van der Waals surface area contributed by atoms with Gasteiger partial charge in [0.2, 0.25) is 0 Å². The topological polar surface area (TPSA) is 24.1 Å². The number of aryl methyl sites for hydroxylation is 1. The zero-order chi connectivity index (χ0) is 12.6. The number of thioether (sulfide) groups is 1. The standard InChI is InChI=1S/C14H24N2S2/c1-2-12-3-4-14(18-12)11-16-9-10-17-13-5-7-15-8-6-13/h3-4,13,15-16H,2,5-11H2,1H3. The summed E-state index contributed by atoms with van der Waals surface area (Å²) in [4.78, 5) is 2.97. The molecule has 0 aromatic carbocycles. The maximum absolute atomic E-state index is 3.55. The molecule has 2 nitrogen and oxygen atoms in total. The Kier molecular flexibility index (Phi) is 6.55. The van der Waals surface area contributed by atoms with Crippen molar-refractivity contribution in [3.8, 4) is 0 Å². The Bertz CT molecular complexity index is 332. The first-order valence-corrected chi connectivity index (χ1v) is 8.85. The second-order valence-corrected chi connectivity index (χ2v) is 7.38. The summed E-state index contributed by atoms with van der Waals surface area (Å²) in [5.74, 6) is 1.25. The zero-order valence-corrected chi connectivity index (χ0v) is 12.8. The third kappa shape index (κ3) is 4.92. The molecule has 102 valence electrons. The lowest BCUT2D eigenvalue weighted by Gasteiger charge is -2.21. The summed E-state index contributed by atoms with van der Waals surface area (Å²) in [5.41, 5.74) is 0. The van der Waals surface area contributed by atoms with E-state index in [2.05, 4.69) is 41.5 Å². The molecule has 2 heterocycles. The van der Waals surface area contributed by atoms with Crippen molar-refractivity contribution in [1.29, 1.82) is 0 Å². The van der Waals surface area contributed by atoms with E-state index < -0.39 is 0 Å². The quantitative estimate of drug-likeness (QED) is 0.753. The molecule has 1 fully saturated rings. The van der Waals surface area contributed by atoms with Crippen LogP contribution in [0.1, 0.15) is 29.5 Å². The van der Waals surface area contributed by atoms with E-state index in [0.717, 1.165) is 24.8 Å². The minimum absolute atomic E-state index is 0.890. The first-order valence-electron chi connectivity index (χ1n) is 6.99. The van der Waals surface area contributed by atoms with Gasteiger partial charge in [-0.25, -0.2) is 0 Å². The Morgan fingerprint density at radius 2 is 2.11 bits per heavy atom. The van der Waals surface area contributed by atoms with Gasteiger partial charge in [-0.2, -0.15) is 11.8 Å². The second-order valence-electron chi connectivity index (χ2n) is 4.72. The number of rotatable bonds is 7. The van der Waals surface area contributed by atoms with Crippen molar-refractivity contribution in [2.75, 3.05) is 25.4 Å². The molecule has 0 radical (unpaired) electrons. The summed E-state index contributed by atoms with van der Waals surface area (Å²) >= 11 is 4.08. The Morgan fingerprint density at radius 3 is 2.83 bits per heavy atom. The van der Waals surface area contributed by atoms with Crippen LogP contribution in [0.2, 0.25) is 0 Å². The minimum Gasteiger partial charge on any atom is -0.317 e. The van der Waals surface area contributed by atoms with Crippen LogP contribution in [0.25, 0.3) is 0 Å². The number of nitrogens with one attached hydrogen (secondary N) is 2. The Hall–Kier alpha value is -0.0300. The fourth-order valence-electron chi connectivity index (χ4n) is 2.18. The molecule has 4 heteroatoms. The van der Waals surface area contributed by atoms with Crippen LogP contribution >= 0.6 is 23.1 Å². The number of hydrogen-bond donors (Lipinski definition) is 2. The van der Waals surface area contributed by atoms with Crippen molar-refractivity contribution >= 4 is 23.1 Å². The maximum Gasteiger partial charge on any atom is 0.0300 e. The van der Waals surface area contributed by atoms with Gasteiger partial charge in [0.15, 0.2) is 0 Å². The zero-order valence-electron chi connectivity index (χ0n) is 11.2. The molecule has 1 saturated heterocycles. The van der Waals surface area contributed by atoms with Crippen molar-refractivity contribution in [3.05, 3.63) is 21.9 Å². The third-order valence-corrected chi connectivity index (χ3v) is 5.90. The normalized spacial score (nSPS) is 17.2. The van der Waals surface area contributed by atoms with Gasteiger partial charge in [-0.05, 0) is 44.5 Å². The molecule has 2 rings (SSSR count). The van der Waals surface area contributed by atoms with E-state index in [1.165, 1.54) is 41.4 Å². The number of piperidine rings is 1. The molecule has 0 spiro atoms. The van der Waals surface area contributed by atoms with Crippen LogP contribution < -0.4 is 10.6 Å². The summed E-state index contributed by atoms with van der Waals surface area (Å²) in [6.45, 7) is 6.81. The highest BCUT2D eigenvalue weighted by atomic mass is 32.2. The molecule has 0 bridgehead atoms. The molecule has 0 saturated carbocycles. The molecule has 0 unspecified atom stereocenters. The highest BCUT2D eigenvalue weighted by molar-refractivity contribution is 7.99. The first kappa shape index (κ1) is 14.4. The second kappa shape index (κ2) is 8.20. The van der Waals surface area contributed by atoms with Gasteiger partial charge in [0, 0.05) is 33.8 Å². The molecular weight excluding hydrogens is 260 g/mol. The largest absolute Gasteiger partial charge is 0.317 e. The molecular formula is C14H24N2S2. The van der Waals surface area contributed by atoms with E-state index in [0.29, 0.717) is 0 Å². The monoisotopic (exact) mass is 284 g/mol. The molecule has 2 N–H and O–H groups in total. The summed E-state index contributed by atoms with van der Waals surface area (Å²) in [6, 6.07) is 4.52. The van der Waals surface area contributed by atoms with E-state index in [1.807, 2.05) is 11.3 Å². The molecule has 18 heavy (non-hydrogen) atoms. The van der Waals surface area contributed by atoms with Crippen LogP contribution in [-0.4, -0.2) is 30.6 Å². The van der Waals surface area contributed by atoms with Crippen LogP contribution in [0.15, 0.2) is 12.1 Å². The summed E-state index contributed by atoms with van der Waals surface area (Å²) in [6.07, 6.45) is 3.85. The molecule has 1 aromatic rings.